The van der Waals surface area contributed by atoms with Crippen molar-refractivity contribution < 1.29 is 5.11 Å². The first kappa shape index (κ1) is 16.0. The van der Waals surface area contributed by atoms with Crippen molar-refractivity contribution in [1.29, 1.82) is 0 Å². The van der Waals surface area contributed by atoms with Crippen LogP contribution in [-0.2, 0) is 6.54 Å². The van der Waals surface area contributed by atoms with Crippen LogP contribution in [0.25, 0.3) is 0 Å². The Hall–Kier alpha value is -1.34. The van der Waals surface area contributed by atoms with Gasteiger partial charge in [0.1, 0.15) is 0 Å². The highest BCUT2D eigenvalue weighted by atomic mass is 16.2. The van der Waals surface area contributed by atoms with Crippen molar-refractivity contribution in [3.63, 3.8) is 0 Å². The maximum Gasteiger partial charge on any atom is 0.0540 e. The molecule has 1 aliphatic heterocycles. The van der Waals surface area contributed by atoms with Crippen molar-refractivity contribution in [3.05, 3.63) is 35.4 Å². The van der Waals surface area contributed by atoms with Gasteiger partial charge in [0.2, 0.25) is 0 Å². The van der Waals surface area contributed by atoms with Crippen molar-refractivity contribution in [2.45, 2.75) is 31.8 Å². The molecule has 1 saturated heterocycles. The molecule has 1 aromatic rings. The van der Waals surface area contributed by atoms with E-state index >= 15 is 0 Å². The van der Waals surface area contributed by atoms with Crippen molar-refractivity contribution in [1.82, 2.24) is 9.80 Å². The number of rotatable bonds is 5. The van der Waals surface area contributed by atoms with Gasteiger partial charge in [-0.25, -0.2) is 0 Å². The predicted molar refractivity (Wildman–Crippen MR) is 87.0 cm³/mol. The monoisotopic (exact) mass is 286 g/mol. The summed E-state index contributed by atoms with van der Waals surface area (Å²) in [5.74, 6) is 6.01. The molecule has 1 fully saturated rings. The van der Waals surface area contributed by atoms with E-state index < -0.39 is 0 Å². The summed E-state index contributed by atoms with van der Waals surface area (Å²) < 4.78 is 0. The van der Waals surface area contributed by atoms with Gasteiger partial charge >= 0.3 is 0 Å². The van der Waals surface area contributed by atoms with Crippen LogP contribution in [0.15, 0.2) is 24.3 Å². The molecule has 2 rings (SSSR count). The van der Waals surface area contributed by atoms with Crippen LogP contribution in [-0.4, -0.2) is 54.7 Å². The maximum atomic E-state index is 8.71. The molecule has 0 aromatic heterocycles. The summed E-state index contributed by atoms with van der Waals surface area (Å²) in [6.45, 7) is 3.48. The van der Waals surface area contributed by atoms with Crippen LogP contribution in [0, 0.1) is 11.8 Å². The van der Waals surface area contributed by atoms with E-state index in [9.17, 15) is 0 Å². The highest BCUT2D eigenvalue weighted by Gasteiger charge is 2.21. The molecule has 1 aromatic carbocycles. The Kier molecular flexibility index (Phi) is 6.25. The Morgan fingerprint density at radius 2 is 2.10 bits per heavy atom. The minimum absolute atomic E-state index is 0.130. The van der Waals surface area contributed by atoms with Gasteiger partial charge in [-0.3, -0.25) is 0 Å². The number of likely N-dealkylation sites (N-methyl/N-ethyl adjacent to an activating group) is 2. The van der Waals surface area contributed by atoms with E-state index in [0.29, 0.717) is 12.5 Å². The topological polar surface area (TPSA) is 26.7 Å². The molecule has 1 N–H and O–H groups in total. The molecule has 21 heavy (non-hydrogen) atoms. The molecule has 0 radical (unpaired) electrons. The Bertz CT molecular complexity index is 486. The molecule has 1 heterocycles. The van der Waals surface area contributed by atoms with Gasteiger partial charge in [-0.1, -0.05) is 24.0 Å². The number of hydrogen-bond acceptors (Lipinski definition) is 3. The minimum atomic E-state index is 0.130. The molecular formula is C18H26N2O. The van der Waals surface area contributed by atoms with Crippen LogP contribution in [0.1, 0.15) is 30.4 Å². The van der Waals surface area contributed by atoms with E-state index in [4.69, 9.17) is 5.11 Å². The zero-order valence-electron chi connectivity index (χ0n) is 13.2. The zero-order valence-corrected chi connectivity index (χ0v) is 13.2. The third kappa shape index (κ3) is 5.17. The van der Waals surface area contributed by atoms with Gasteiger partial charge < -0.3 is 14.9 Å². The van der Waals surface area contributed by atoms with Crippen LogP contribution in [0.3, 0.4) is 0 Å². The molecule has 0 amide bonds. The van der Waals surface area contributed by atoms with Crippen LogP contribution in [0.2, 0.25) is 0 Å². The van der Waals surface area contributed by atoms with Crippen LogP contribution in [0.5, 0.6) is 0 Å². The van der Waals surface area contributed by atoms with Crippen molar-refractivity contribution in [2.24, 2.45) is 0 Å². The first-order chi connectivity index (χ1) is 10.2. The highest BCUT2D eigenvalue weighted by molar-refractivity contribution is 5.36. The van der Waals surface area contributed by atoms with Crippen LogP contribution < -0.4 is 0 Å². The molecule has 0 saturated carbocycles. The first-order valence-electron chi connectivity index (χ1n) is 7.76. The molecule has 3 nitrogen and oxygen atoms in total. The average Bonchev–Trinajstić information content (AvgIpc) is 2.86. The summed E-state index contributed by atoms with van der Waals surface area (Å²) in [5.41, 5.74) is 2.34. The molecule has 0 bridgehead atoms. The van der Waals surface area contributed by atoms with E-state index in [0.717, 1.165) is 18.7 Å². The van der Waals surface area contributed by atoms with Crippen molar-refractivity contribution in [3.8, 4) is 11.8 Å². The SMILES string of the molecule is CN(Cc1ccc(C#CCCO)cc1)C[C@@H]1CCCN1C. The summed E-state index contributed by atoms with van der Waals surface area (Å²) in [5, 5.41) is 8.71. The second-order valence-electron chi connectivity index (χ2n) is 5.95. The van der Waals surface area contributed by atoms with E-state index in [-0.39, 0.29) is 6.61 Å². The lowest BCUT2D eigenvalue weighted by Gasteiger charge is -2.25. The fraction of sp³-hybridized carbons (Fsp3) is 0.556. The summed E-state index contributed by atoms with van der Waals surface area (Å²) in [4.78, 5) is 4.87. The van der Waals surface area contributed by atoms with Gasteiger partial charge in [-0.2, -0.15) is 0 Å². The van der Waals surface area contributed by atoms with Gasteiger partial charge in [0, 0.05) is 31.1 Å². The Morgan fingerprint density at radius 3 is 2.71 bits per heavy atom. The summed E-state index contributed by atoms with van der Waals surface area (Å²) >= 11 is 0. The molecular weight excluding hydrogens is 260 g/mol. The van der Waals surface area contributed by atoms with Gasteiger partial charge in [0.05, 0.1) is 6.61 Å². The fourth-order valence-corrected chi connectivity index (χ4v) is 2.86. The Labute approximate surface area is 128 Å². The lowest BCUT2D eigenvalue weighted by atomic mass is 10.1. The largest absolute Gasteiger partial charge is 0.395 e. The van der Waals surface area contributed by atoms with E-state index in [1.54, 1.807) is 0 Å². The molecule has 3 heteroatoms. The number of aliphatic hydroxyl groups is 1. The Morgan fingerprint density at radius 1 is 1.33 bits per heavy atom. The lowest BCUT2D eigenvalue weighted by Crippen LogP contribution is -2.36. The first-order valence-corrected chi connectivity index (χ1v) is 7.76. The molecule has 0 unspecified atom stereocenters. The molecule has 0 aliphatic carbocycles. The number of nitrogens with zero attached hydrogens (tertiary/aromatic N) is 2. The van der Waals surface area contributed by atoms with E-state index in [1.165, 1.54) is 24.9 Å². The molecule has 0 spiro atoms. The third-order valence-electron chi connectivity index (χ3n) is 4.07. The predicted octanol–water partition coefficient (Wildman–Crippen LogP) is 1.95. The lowest BCUT2D eigenvalue weighted by molar-refractivity contribution is 0.215. The van der Waals surface area contributed by atoms with Crippen LogP contribution in [0.4, 0.5) is 0 Å². The van der Waals surface area contributed by atoms with Gasteiger partial charge in [0.25, 0.3) is 0 Å². The normalized spacial score (nSPS) is 18.8. The standard InChI is InChI=1S/C18H26N2O/c1-19(15-18-7-5-12-20(18)2)14-17-10-8-16(9-11-17)6-3-4-13-21/h8-11,18,21H,4-5,7,12-15H2,1-2H3/t18-/m0/s1. The summed E-state index contributed by atoms with van der Waals surface area (Å²) in [6, 6.07) is 9.14. The maximum absolute atomic E-state index is 8.71. The smallest absolute Gasteiger partial charge is 0.0540 e. The second kappa shape index (κ2) is 8.19. The average molecular weight is 286 g/mol. The second-order valence-corrected chi connectivity index (χ2v) is 5.95. The van der Waals surface area contributed by atoms with Crippen LogP contribution >= 0.6 is 0 Å². The van der Waals surface area contributed by atoms with Gasteiger partial charge in [0.15, 0.2) is 0 Å². The fourth-order valence-electron chi connectivity index (χ4n) is 2.86. The van der Waals surface area contributed by atoms with Gasteiger partial charge in [-0.05, 0) is 51.2 Å². The molecule has 114 valence electrons. The highest BCUT2D eigenvalue weighted by Crippen LogP contribution is 2.16. The number of hydrogen-bond donors (Lipinski definition) is 1. The number of benzene rings is 1. The zero-order chi connectivity index (χ0) is 15.1. The van der Waals surface area contributed by atoms with Crippen molar-refractivity contribution >= 4 is 0 Å². The van der Waals surface area contributed by atoms with Crippen molar-refractivity contribution in [2.75, 3.05) is 33.8 Å². The summed E-state index contributed by atoms with van der Waals surface area (Å²) in [7, 11) is 4.42. The number of aliphatic hydroxyl groups excluding tert-OH is 1. The van der Waals surface area contributed by atoms with Gasteiger partial charge in [-0.15, -0.1) is 0 Å². The molecule has 1 atom stereocenters. The molecule has 1 aliphatic rings. The summed E-state index contributed by atoms with van der Waals surface area (Å²) in [6.07, 6.45) is 3.19. The van der Waals surface area contributed by atoms with E-state index in [2.05, 4.69) is 60.0 Å². The minimum Gasteiger partial charge on any atom is -0.395 e. The van der Waals surface area contributed by atoms with E-state index in [1.807, 2.05) is 0 Å². The Balaban J connectivity index is 1.83. The quantitative estimate of drug-likeness (QED) is 0.838. The number of likely N-dealkylation sites (tertiary alicyclic amines) is 1. The third-order valence-corrected chi connectivity index (χ3v) is 4.07.